The number of allylic oxidation sites excluding steroid dienone is 2. The van der Waals surface area contributed by atoms with E-state index >= 15 is 0 Å². The van der Waals surface area contributed by atoms with E-state index in [1.807, 2.05) is 0 Å². The van der Waals surface area contributed by atoms with Crippen molar-refractivity contribution in [2.24, 2.45) is 0 Å². The molecule has 0 aromatic carbocycles. The molecule has 3 N–H and O–H groups in total. The second kappa shape index (κ2) is 18.3. The minimum Gasteiger partial charge on any atom is -0.394 e. The molecule has 5 heteroatoms. The third-order valence-electron chi connectivity index (χ3n) is 5.72. The maximum absolute atomic E-state index is 10.1. The summed E-state index contributed by atoms with van der Waals surface area (Å²) >= 11 is 0. The van der Waals surface area contributed by atoms with Crippen molar-refractivity contribution in [2.75, 3.05) is 19.8 Å². The summed E-state index contributed by atoms with van der Waals surface area (Å²) in [5.74, 6) is 0. The number of aliphatic hydroxyl groups is 3. The molecule has 0 aromatic heterocycles. The molecule has 0 unspecified atom stereocenters. The molecule has 29 heavy (non-hydrogen) atoms. The van der Waals surface area contributed by atoms with E-state index in [0.29, 0.717) is 6.61 Å². The third-order valence-corrected chi connectivity index (χ3v) is 5.72. The van der Waals surface area contributed by atoms with Crippen LogP contribution in [0.4, 0.5) is 0 Å². The Morgan fingerprint density at radius 2 is 1.38 bits per heavy atom. The van der Waals surface area contributed by atoms with Gasteiger partial charge in [-0.2, -0.15) is 0 Å². The molecule has 0 amide bonds. The van der Waals surface area contributed by atoms with Crippen LogP contribution in [0.1, 0.15) is 96.8 Å². The Balaban J connectivity index is 1.88. The summed E-state index contributed by atoms with van der Waals surface area (Å²) in [6.07, 6.45) is 19.3. The summed E-state index contributed by atoms with van der Waals surface area (Å²) < 4.78 is 10.8. The smallest absolute Gasteiger partial charge is 0.114 e. The van der Waals surface area contributed by atoms with E-state index in [2.05, 4.69) is 19.1 Å². The Morgan fingerprint density at radius 3 is 1.97 bits per heavy atom. The molecule has 4 atom stereocenters. The van der Waals surface area contributed by atoms with Crippen molar-refractivity contribution >= 4 is 0 Å². The molecule has 0 radical (unpaired) electrons. The zero-order chi connectivity index (χ0) is 21.2. The molecule has 1 aliphatic rings. The summed E-state index contributed by atoms with van der Waals surface area (Å²) in [7, 11) is 0. The summed E-state index contributed by atoms with van der Waals surface area (Å²) in [6, 6.07) is 0. The quantitative estimate of drug-likeness (QED) is 0.227. The van der Waals surface area contributed by atoms with Crippen LogP contribution in [0.25, 0.3) is 0 Å². The van der Waals surface area contributed by atoms with Gasteiger partial charge in [0.15, 0.2) is 0 Å². The van der Waals surface area contributed by atoms with Gasteiger partial charge in [0.05, 0.1) is 13.2 Å². The van der Waals surface area contributed by atoms with Gasteiger partial charge in [-0.05, 0) is 32.1 Å². The minimum atomic E-state index is -0.977. The van der Waals surface area contributed by atoms with Crippen LogP contribution in [-0.2, 0) is 9.47 Å². The lowest BCUT2D eigenvalue weighted by molar-refractivity contribution is -0.210. The number of ether oxygens (including phenoxy) is 2. The van der Waals surface area contributed by atoms with Crippen LogP contribution < -0.4 is 0 Å². The van der Waals surface area contributed by atoms with Crippen LogP contribution in [0.3, 0.4) is 0 Å². The fourth-order valence-electron chi connectivity index (χ4n) is 3.79. The highest BCUT2D eigenvalue weighted by molar-refractivity contribution is 4.87. The lowest BCUT2D eigenvalue weighted by Gasteiger charge is -2.37. The van der Waals surface area contributed by atoms with E-state index < -0.39 is 24.4 Å². The van der Waals surface area contributed by atoms with Crippen LogP contribution >= 0.6 is 0 Å². The summed E-state index contributed by atoms with van der Waals surface area (Å²) in [5, 5.41) is 29.1. The predicted molar refractivity (Wildman–Crippen MR) is 118 cm³/mol. The average molecular weight is 415 g/mol. The van der Waals surface area contributed by atoms with Crippen molar-refractivity contribution in [2.45, 2.75) is 121 Å². The normalized spacial score (nSPS) is 25.1. The van der Waals surface area contributed by atoms with E-state index in [0.717, 1.165) is 19.3 Å². The van der Waals surface area contributed by atoms with Gasteiger partial charge in [-0.1, -0.05) is 76.9 Å². The van der Waals surface area contributed by atoms with E-state index in [9.17, 15) is 10.2 Å². The Morgan fingerprint density at radius 1 is 0.828 bits per heavy atom. The van der Waals surface area contributed by atoms with Crippen molar-refractivity contribution < 1.29 is 24.8 Å². The van der Waals surface area contributed by atoms with E-state index in [4.69, 9.17) is 14.6 Å². The Hall–Kier alpha value is -0.460. The topological polar surface area (TPSA) is 79.2 Å². The first kappa shape index (κ1) is 26.6. The number of aliphatic hydroxyl groups excluding tert-OH is 3. The Kier molecular flexibility index (Phi) is 16.8. The van der Waals surface area contributed by atoms with Crippen LogP contribution in [0.15, 0.2) is 12.2 Å². The monoisotopic (exact) mass is 414 g/mol. The van der Waals surface area contributed by atoms with Gasteiger partial charge in [-0.15, -0.1) is 0 Å². The molecular formula is C24H46O5. The summed E-state index contributed by atoms with van der Waals surface area (Å²) in [6.45, 7) is 2.62. The minimum absolute atomic E-state index is 0.0955. The molecule has 0 aliphatic carbocycles. The lowest BCUT2D eigenvalue weighted by atomic mass is 10.0. The zero-order valence-corrected chi connectivity index (χ0v) is 18.6. The van der Waals surface area contributed by atoms with Crippen LogP contribution in [0.2, 0.25) is 0 Å². The average Bonchev–Trinajstić information content (AvgIpc) is 2.72. The molecule has 5 nitrogen and oxygen atoms in total. The van der Waals surface area contributed by atoms with Crippen LogP contribution in [-0.4, -0.2) is 59.6 Å². The van der Waals surface area contributed by atoms with Gasteiger partial charge in [0.1, 0.15) is 24.4 Å². The van der Waals surface area contributed by atoms with Gasteiger partial charge < -0.3 is 24.8 Å². The van der Waals surface area contributed by atoms with Crippen molar-refractivity contribution in [3.63, 3.8) is 0 Å². The standard InChI is InChI=1S/C24H46O5/c1-2-3-4-5-6-7-8-9-10-11-12-13-14-15-16-17-18-28-24-21(26)20-29-22(19-25)23(24)27/h11-12,21-27H,2-10,13-20H2,1H3/b12-11+/t21-,22+,23+,24+/m1/s1. The fraction of sp³-hybridized carbons (Fsp3) is 0.917. The first-order valence-electron chi connectivity index (χ1n) is 12.1. The molecule has 0 spiro atoms. The molecule has 172 valence electrons. The van der Waals surface area contributed by atoms with Crippen molar-refractivity contribution in [1.82, 2.24) is 0 Å². The highest BCUT2D eigenvalue weighted by atomic mass is 16.6. The first-order chi connectivity index (χ1) is 14.2. The Bertz CT molecular complexity index is 387. The van der Waals surface area contributed by atoms with Crippen LogP contribution in [0, 0.1) is 0 Å². The van der Waals surface area contributed by atoms with Gasteiger partial charge in [0.25, 0.3) is 0 Å². The Labute approximate surface area is 178 Å². The van der Waals surface area contributed by atoms with Gasteiger partial charge in [0, 0.05) is 6.61 Å². The first-order valence-corrected chi connectivity index (χ1v) is 12.1. The molecule has 1 saturated heterocycles. The molecular weight excluding hydrogens is 368 g/mol. The molecule has 1 heterocycles. The SMILES string of the molecule is CCCCCCCCCC/C=C/CCCCCCO[C@@H]1[C@@H](O)[C@H](CO)OC[C@H]1O. The molecule has 1 aliphatic heterocycles. The number of hydrogen-bond acceptors (Lipinski definition) is 5. The van der Waals surface area contributed by atoms with Crippen molar-refractivity contribution in [1.29, 1.82) is 0 Å². The third kappa shape index (κ3) is 12.7. The molecule has 0 aromatic rings. The molecule has 0 bridgehead atoms. The van der Waals surface area contributed by atoms with Gasteiger partial charge in [0.2, 0.25) is 0 Å². The fourth-order valence-corrected chi connectivity index (χ4v) is 3.79. The largest absolute Gasteiger partial charge is 0.394 e. The number of hydrogen-bond donors (Lipinski definition) is 3. The van der Waals surface area contributed by atoms with E-state index in [-0.39, 0.29) is 13.2 Å². The highest BCUT2D eigenvalue weighted by Gasteiger charge is 2.38. The van der Waals surface area contributed by atoms with Crippen LogP contribution in [0.5, 0.6) is 0 Å². The van der Waals surface area contributed by atoms with Gasteiger partial charge in [-0.3, -0.25) is 0 Å². The second-order valence-electron chi connectivity index (χ2n) is 8.39. The predicted octanol–water partition coefficient (Wildman–Crippen LogP) is 4.52. The van der Waals surface area contributed by atoms with Crippen molar-refractivity contribution in [3.05, 3.63) is 12.2 Å². The van der Waals surface area contributed by atoms with Crippen molar-refractivity contribution in [3.8, 4) is 0 Å². The van der Waals surface area contributed by atoms with E-state index in [1.165, 1.54) is 70.6 Å². The zero-order valence-electron chi connectivity index (χ0n) is 18.6. The number of rotatable bonds is 18. The van der Waals surface area contributed by atoms with Gasteiger partial charge in [-0.25, -0.2) is 0 Å². The number of unbranched alkanes of at least 4 members (excludes halogenated alkanes) is 12. The van der Waals surface area contributed by atoms with E-state index in [1.54, 1.807) is 0 Å². The highest BCUT2D eigenvalue weighted by Crippen LogP contribution is 2.19. The molecule has 0 saturated carbocycles. The second-order valence-corrected chi connectivity index (χ2v) is 8.39. The summed E-state index contributed by atoms with van der Waals surface area (Å²) in [5.41, 5.74) is 0. The lowest BCUT2D eigenvalue weighted by Crippen LogP contribution is -2.55. The molecule has 1 rings (SSSR count). The van der Waals surface area contributed by atoms with Gasteiger partial charge >= 0.3 is 0 Å². The maximum atomic E-state index is 10.1. The molecule has 1 fully saturated rings. The maximum Gasteiger partial charge on any atom is 0.114 e. The summed E-state index contributed by atoms with van der Waals surface area (Å²) in [4.78, 5) is 0.